The number of hydrogen-bond acceptors (Lipinski definition) is 1. The van der Waals surface area contributed by atoms with E-state index in [-0.39, 0.29) is 0 Å². The number of benzene rings is 3. The molecule has 0 aliphatic rings. The lowest BCUT2D eigenvalue weighted by Gasteiger charge is -2.13. The predicted octanol–water partition coefficient (Wildman–Crippen LogP) is 5.09. The van der Waals surface area contributed by atoms with E-state index in [1.54, 1.807) is 6.07 Å². The molecule has 104 valence electrons. The summed E-state index contributed by atoms with van der Waals surface area (Å²) in [5, 5.41) is 11.0. The van der Waals surface area contributed by atoms with Crippen molar-refractivity contribution in [2.24, 2.45) is 0 Å². The molecular weight excluding hydrogens is 280 g/mol. The minimum atomic E-state index is -0.705. The summed E-state index contributed by atoms with van der Waals surface area (Å²) in [4.78, 5) is 0. The summed E-state index contributed by atoms with van der Waals surface area (Å²) in [5.74, 6) is 0. The lowest BCUT2D eigenvalue weighted by Crippen LogP contribution is -2.00. The van der Waals surface area contributed by atoms with Gasteiger partial charge in [-0.15, -0.1) is 0 Å². The maximum absolute atomic E-state index is 10.4. The molecule has 0 radical (unpaired) electrons. The molecule has 0 saturated heterocycles. The molecule has 0 heterocycles. The first-order valence-electron chi connectivity index (χ1n) is 6.83. The van der Waals surface area contributed by atoms with Gasteiger partial charge < -0.3 is 5.11 Å². The van der Waals surface area contributed by atoms with Gasteiger partial charge in [0.25, 0.3) is 0 Å². The fraction of sp³-hybridized carbons (Fsp3) is 0.0526. The quantitative estimate of drug-likeness (QED) is 0.713. The zero-order valence-electron chi connectivity index (χ0n) is 11.4. The summed E-state index contributed by atoms with van der Waals surface area (Å²) in [6.45, 7) is 0. The van der Waals surface area contributed by atoms with Gasteiger partial charge in [0.15, 0.2) is 0 Å². The largest absolute Gasteiger partial charge is 0.384 e. The van der Waals surface area contributed by atoms with Crippen LogP contribution in [0, 0.1) is 0 Å². The zero-order valence-corrected chi connectivity index (χ0v) is 12.2. The molecule has 3 aromatic rings. The Morgan fingerprint density at radius 3 is 1.90 bits per heavy atom. The Bertz CT molecular complexity index is 720. The standard InChI is InChI=1S/C19H15ClO/c20-18-9-5-4-8-17(18)19(21)16-12-10-15(11-13-16)14-6-2-1-3-7-14/h1-13,19,21H/t19-/m0/s1. The third kappa shape index (κ3) is 2.99. The van der Waals surface area contributed by atoms with E-state index < -0.39 is 6.10 Å². The smallest absolute Gasteiger partial charge is 0.105 e. The number of aliphatic hydroxyl groups is 1. The van der Waals surface area contributed by atoms with Crippen molar-refractivity contribution in [3.8, 4) is 11.1 Å². The highest BCUT2D eigenvalue weighted by Crippen LogP contribution is 2.29. The van der Waals surface area contributed by atoms with Gasteiger partial charge in [-0.1, -0.05) is 84.4 Å². The van der Waals surface area contributed by atoms with E-state index >= 15 is 0 Å². The van der Waals surface area contributed by atoms with Crippen LogP contribution in [0.4, 0.5) is 0 Å². The topological polar surface area (TPSA) is 20.2 Å². The van der Waals surface area contributed by atoms with Crippen molar-refractivity contribution in [1.82, 2.24) is 0 Å². The fourth-order valence-corrected chi connectivity index (χ4v) is 2.60. The molecule has 0 amide bonds. The molecule has 2 heteroatoms. The molecule has 1 N–H and O–H groups in total. The van der Waals surface area contributed by atoms with Crippen LogP contribution in [0.25, 0.3) is 11.1 Å². The van der Waals surface area contributed by atoms with E-state index in [0.29, 0.717) is 5.02 Å². The van der Waals surface area contributed by atoms with Gasteiger partial charge in [0, 0.05) is 10.6 Å². The third-order valence-electron chi connectivity index (χ3n) is 3.53. The SMILES string of the molecule is O[C@@H](c1ccc(-c2ccccc2)cc1)c1ccccc1Cl. The Balaban J connectivity index is 1.89. The molecule has 21 heavy (non-hydrogen) atoms. The Hall–Kier alpha value is -2.09. The van der Waals surface area contributed by atoms with Gasteiger partial charge in [0.1, 0.15) is 6.10 Å². The van der Waals surface area contributed by atoms with Crippen LogP contribution in [0.3, 0.4) is 0 Å². The average Bonchev–Trinajstić information content (AvgIpc) is 2.56. The normalized spacial score (nSPS) is 12.1. The van der Waals surface area contributed by atoms with Crippen LogP contribution in [0.5, 0.6) is 0 Å². The minimum Gasteiger partial charge on any atom is -0.384 e. The van der Waals surface area contributed by atoms with Crippen molar-refractivity contribution >= 4 is 11.6 Å². The first-order chi connectivity index (χ1) is 10.3. The van der Waals surface area contributed by atoms with Crippen LogP contribution in [0.1, 0.15) is 17.2 Å². The van der Waals surface area contributed by atoms with E-state index in [0.717, 1.165) is 22.3 Å². The number of aliphatic hydroxyl groups excluding tert-OH is 1. The fourth-order valence-electron chi connectivity index (χ4n) is 2.36. The third-order valence-corrected chi connectivity index (χ3v) is 3.88. The van der Waals surface area contributed by atoms with Crippen LogP contribution in [-0.4, -0.2) is 5.11 Å². The van der Waals surface area contributed by atoms with Crippen molar-refractivity contribution in [2.75, 3.05) is 0 Å². The molecular formula is C19H15ClO. The van der Waals surface area contributed by atoms with E-state index in [1.807, 2.05) is 60.7 Å². The second-order valence-corrected chi connectivity index (χ2v) is 5.32. The minimum absolute atomic E-state index is 0.581. The van der Waals surface area contributed by atoms with Crippen LogP contribution in [-0.2, 0) is 0 Å². The molecule has 0 bridgehead atoms. The first kappa shape index (κ1) is 13.9. The molecule has 3 rings (SSSR count). The van der Waals surface area contributed by atoms with Crippen molar-refractivity contribution in [3.05, 3.63) is 95.0 Å². The number of rotatable bonds is 3. The van der Waals surface area contributed by atoms with Gasteiger partial charge >= 0.3 is 0 Å². The predicted molar refractivity (Wildman–Crippen MR) is 87.4 cm³/mol. The Morgan fingerprint density at radius 1 is 0.667 bits per heavy atom. The van der Waals surface area contributed by atoms with Crippen LogP contribution in [0.2, 0.25) is 5.02 Å². The monoisotopic (exact) mass is 294 g/mol. The summed E-state index contributed by atoms with van der Waals surface area (Å²) >= 11 is 6.14. The summed E-state index contributed by atoms with van der Waals surface area (Å²) in [5.41, 5.74) is 3.86. The lowest BCUT2D eigenvalue weighted by molar-refractivity contribution is 0.220. The van der Waals surface area contributed by atoms with Crippen molar-refractivity contribution in [1.29, 1.82) is 0 Å². The molecule has 0 aliphatic heterocycles. The summed E-state index contributed by atoms with van der Waals surface area (Å²) in [7, 11) is 0. The van der Waals surface area contributed by atoms with Crippen LogP contribution < -0.4 is 0 Å². The molecule has 0 unspecified atom stereocenters. The van der Waals surface area contributed by atoms with Crippen molar-refractivity contribution in [2.45, 2.75) is 6.10 Å². The van der Waals surface area contributed by atoms with Gasteiger partial charge in [0.05, 0.1) is 0 Å². The number of hydrogen-bond donors (Lipinski definition) is 1. The highest BCUT2D eigenvalue weighted by molar-refractivity contribution is 6.31. The zero-order chi connectivity index (χ0) is 14.7. The maximum atomic E-state index is 10.4. The maximum Gasteiger partial charge on any atom is 0.105 e. The average molecular weight is 295 g/mol. The second-order valence-electron chi connectivity index (χ2n) is 4.91. The van der Waals surface area contributed by atoms with Gasteiger partial charge in [-0.2, -0.15) is 0 Å². The molecule has 0 aliphatic carbocycles. The van der Waals surface area contributed by atoms with Gasteiger partial charge in [-0.25, -0.2) is 0 Å². The number of halogens is 1. The molecule has 0 aromatic heterocycles. The Morgan fingerprint density at radius 2 is 1.24 bits per heavy atom. The molecule has 1 nitrogen and oxygen atoms in total. The highest BCUT2D eigenvalue weighted by Gasteiger charge is 2.13. The molecule has 0 fully saturated rings. The van der Waals surface area contributed by atoms with Crippen molar-refractivity contribution in [3.63, 3.8) is 0 Å². The van der Waals surface area contributed by atoms with E-state index in [1.165, 1.54) is 0 Å². The lowest BCUT2D eigenvalue weighted by atomic mass is 9.98. The Labute approximate surface area is 129 Å². The second kappa shape index (κ2) is 6.13. The van der Waals surface area contributed by atoms with Crippen molar-refractivity contribution < 1.29 is 5.11 Å². The van der Waals surface area contributed by atoms with Gasteiger partial charge in [-0.05, 0) is 22.8 Å². The van der Waals surface area contributed by atoms with Gasteiger partial charge in [0.2, 0.25) is 0 Å². The Kier molecular flexibility index (Phi) is 4.05. The molecule has 0 saturated carbocycles. The van der Waals surface area contributed by atoms with E-state index in [4.69, 9.17) is 11.6 Å². The van der Waals surface area contributed by atoms with Crippen LogP contribution in [0.15, 0.2) is 78.9 Å². The molecule has 0 spiro atoms. The summed E-state index contributed by atoms with van der Waals surface area (Å²) in [6.07, 6.45) is -0.705. The molecule has 1 atom stereocenters. The highest BCUT2D eigenvalue weighted by atomic mass is 35.5. The first-order valence-corrected chi connectivity index (χ1v) is 7.21. The van der Waals surface area contributed by atoms with E-state index in [9.17, 15) is 5.11 Å². The summed E-state index contributed by atoms with van der Waals surface area (Å²) in [6, 6.07) is 25.5. The molecule has 3 aromatic carbocycles. The van der Waals surface area contributed by atoms with Gasteiger partial charge in [-0.3, -0.25) is 0 Å². The summed E-state index contributed by atoms with van der Waals surface area (Å²) < 4.78 is 0. The van der Waals surface area contributed by atoms with Crippen LogP contribution >= 0.6 is 11.6 Å². The van der Waals surface area contributed by atoms with E-state index in [2.05, 4.69) is 12.1 Å².